The van der Waals surface area contributed by atoms with Crippen molar-refractivity contribution in [2.24, 2.45) is 0 Å². The smallest absolute Gasteiger partial charge is 0.320 e. The topological polar surface area (TPSA) is 52.6 Å². The lowest BCUT2D eigenvalue weighted by atomic mass is 9.99. The predicted molar refractivity (Wildman–Crippen MR) is 86.0 cm³/mol. The van der Waals surface area contributed by atoms with Crippen LogP contribution in [0.1, 0.15) is 37.8 Å². The molecule has 0 saturated heterocycles. The summed E-state index contributed by atoms with van der Waals surface area (Å²) >= 11 is 0. The number of carbonyl (C=O) groups is 1. The highest BCUT2D eigenvalue weighted by molar-refractivity contribution is 5.73. The van der Waals surface area contributed by atoms with Gasteiger partial charge in [-0.15, -0.1) is 0 Å². The Bertz CT molecular complexity index is 500. The first-order valence-corrected chi connectivity index (χ1v) is 7.80. The fraction of sp³-hybridized carbons (Fsp3) is 0.588. The molecule has 0 spiro atoms. The lowest BCUT2D eigenvalue weighted by Crippen LogP contribution is -2.43. The second-order valence-corrected chi connectivity index (χ2v) is 6.22. The third-order valence-electron chi connectivity index (χ3n) is 3.97. The zero-order valence-electron chi connectivity index (χ0n) is 13.2. The first-order valence-electron chi connectivity index (χ1n) is 7.80. The maximum Gasteiger partial charge on any atom is 0.320 e. The largest absolute Gasteiger partial charge is 0.480 e. The molecule has 21 heavy (non-hydrogen) atoms. The van der Waals surface area contributed by atoms with Crippen molar-refractivity contribution in [3.8, 4) is 0 Å². The lowest BCUT2D eigenvalue weighted by Gasteiger charge is -2.32. The molecule has 0 bridgehead atoms. The van der Waals surface area contributed by atoms with E-state index >= 15 is 0 Å². The van der Waals surface area contributed by atoms with Crippen LogP contribution in [0.5, 0.6) is 0 Å². The van der Waals surface area contributed by atoms with Crippen molar-refractivity contribution >= 4 is 11.7 Å². The third-order valence-corrected chi connectivity index (χ3v) is 3.97. The Hall–Kier alpha value is -1.55. The van der Waals surface area contributed by atoms with Crippen molar-refractivity contribution in [1.82, 2.24) is 5.32 Å². The summed E-state index contributed by atoms with van der Waals surface area (Å²) in [6, 6.07) is 6.28. The first-order chi connectivity index (χ1) is 9.97. The molecule has 0 fully saturated rings. The predicted octanol–water partition coefficient (Wildman–Crippen LogP) is 2.59. The van der Waals surface area contributed by atoms with Crippen LogP contribution in [0.4, 0.5) is 5.69 Å². The van der Waals surface area contributed by atoms with Gasteiger partial charge in [0.25, 0.3) is 0 Å². The van der Waals surface area contributed by atoms with Crippen molar-refractivity contribution < 1.29 is 9.90 Å². The van der Waals surface area contributed by atoms with Crippen molar-refractivity contribution in [1.29, 1.82) is 0 Å². The minimum absolute atomic E-state index is 0.183. The molecule has 0 aliphatic carbocycles. The SMILES string of the molecule is Cc1ccc2c(c1)CCCN2CCC(NC(C)C)C(=O)O. The number of nitrogens with one attached hydrogen (secondary N) is 1. The van der Waals surface area contributed by atoms with Gasteiger partial charge in [0, 0.05) is 24.8 Å². The molecule has 1 aromatic carbocycles. The van der Waals surface area contributed by atoms with Gasteiger partial charge in [0.1, 0.15) is 6.04 Å². The minimum Gasteiger partial charge on any atom is -0.480 e. The highest BCUT2D eigenvalue weighted by atomic mass is 16.4. The summed E-state index contributed by atoms with van der Waals surface area (Å²) in [6.07, 6.45) is 2.90. The van der Waals surface area contributed by atoms with Gasteiger partial charge in [0.15, 0.2) is 0 Å². The second kappa shape index (κ2) is 6.94. The molecule has 1 aliphatic heterocycles. The number of aliphatic carboxylic acids is 1. The van der Waals surface area contributed by atoms with E-state index in [0.29, 0.717) is 6.42 Å². The first kappa shape index (κ1) is 15.8. The van der Waals surface area contributed by atoms with Gasteiger partial charge < -0.3 is 15.3 Å². The lowest BCUT2D eigenvalue weighted by molar-refractivity contribution is -0.139. The van der Waals surface area contributed by atoms with E-state index in [1.54, 1.807) is 0 Å². The fourth-order valence-corrected chi connectivity index (χ4v) is 3.00. The van der Waals surface area contributed by atoms with Crippen LogP contribution in [0.3, 0.4) is 0 Å². The van der Waals surface area contributed by atoms with Gasteiger partial charge in [-0.2, -0.15) is 0 Å². The number of carboxylic acids is 1. The van der Waals surface area contributed by atoms with Crippen LogP contribution in [0.2, 0.25) is 0 Å². The normalized spacial score (nSPS) is 15.9. The molecule has 2 rings (SSSR count). The molecule has 116 valence electrons. The van der Waals surface area contributed by atoms with E-state index in [1.807, 2.05) is 13.8 Å². The average molecular weight is 290 g/mol. The van der Waals surface area contributed by atoms with E-state index in [2.05, 4.69) is 35.3 Å². The molecule has 1 aliphatic rings. The van der Waals surface area contributed by atoms with Crippen LogP contribution in [-0.4, -0.2) is 36.2 Å². The molecule has 2 N–H and O–H groups in total. The van der Waals surface area contributed by atoms with E-state index < -0.39 is 12.0 Å². The Kier molecular flexibility index (Phi) is 5.23. The van der Waals surface area contributed by atoms with Crippen molar-refractivity contribution in [2.75, 3.05) is 18.0 Å². The van der Waals surface area contributed by atoms with Crippen LogP contribution in [0, 0.1) is 6.92 Å². The Labute approximate surface area is 127 Å². The van der Waals surface area contributed by atoms with Crippen molar-refractivity contribution in [2.45, 2.75) is 52.1 Å². The van der Waals surface area contributed by atoms with Gasteiger partial charge >= 0.3 is 5.97 Å². The van der Waals surface area contributed by atoms with Gasteiger partial charge in [-0.1, -0.05) is 31.5 Å². The summed E-state index contributed by atoms with van der Waals surface area (Å²) < 4.78 is 0. The van der Waals surface area contributed by atoms with E-state index in [1.165, 1.54) is 16.8 Å². The fourth-order valence-electron chi connectivity index (χ4n) is 3.00. The van der Waals surface area contributed by atoms with Crippen LogP contribution in [-0.2, 0) is 11.2 Å². The molecule has 0 amide bonds. The molecular formula is C17H26N2O2. The number of anilines is 1. The van der Waals surface area contributed by atoms with E-state index in [0.717, 1.165) is 25.9 Å². The Morgan fingerprint density at radius 1 is 1.43 bits per heavy atom. The molecule has 1 unspecified atom stereocenters. The molecule has 0 saturated carbocycles. The number of benzene rings is 1. The standard InChI is InChI=1S/C17H26N2O2/c1-12(2)18-15(17(20)21)8-10-19-9-4-5-14-11-13(3)6-7-16(14)19/h6-7,11-12,15,18H,4-5,8-10H2,1-3H3,(H,20,21). The van der Waals surface area contributed by atoms with Gasteiger partial charge in [-0.25, -0.2) is 0 Å². The average Bonchev–Trinajstić information content (AvgIpc) is 2.42. The van der Waals surface area contributed by atoms with Crippen molar-refractivity contribution in [3.05, 3.63) is 29.3 Å². The molecule has 1 heterocycles. The molecule has 1 aromatic rings. The number of rotatable bonds is 6. The Morgan fingerprint density at radius 2 is 2.19 bits per heavy atom. The Balaban J connectivity index is 2.02. The summed E-state index contributed by atoms with van der Waals surface area (Å²) in [7, 11) is 0. The summed E-state index contributed by atoms with van der Waals surface area (Å²) in [4.78, 5) is 13.6. The van der Waals surface area contributed by atoms with Gasteiger partial charge in [0.05, 0.1) is 0 Å². The molecule has 4 heteroatoms. The third kappa shape index (κ3) is 4.21. The summed E-state index contributed by atoms with van der Waals surface area (Å²) in [5, 5.41) is 12.4. The van der Waals surface area contributed by atoms with E-state index in [9.17, 15) is 9.90 Å². The van der Waals surface area contributed by atoms with Gasteiger partial charge in [0.2, 0.25) is 0 Å². The minimum atomic E-state index is -0.759. The van der Waals surface area contributed by atoms with Gasteiger partial charge in [-0.05, 0) is 37.8 Å². The highest BCUT2D eigenvalue weighted by Gasteiger charge is 2.22. The molecule has 0 radical (unpaired) electrons. The number of fused-ring (bicyclic) bond motifs is 1. The maximum absolute atomic E-state index is 11.3. The number of aryl methyl sites for hydroxylation is 2. The maximum atomic E-state index is 11.3. The van der Waals surface area contributed by atoms with E-state index in [4.69, 9.17) is 0 Å². The number of hydrogen-bond acceptors (Lipinski definition) is 3. The van der Waals surface area contributed by atoms with Crippen LogP contribution >= 0.6 is 0 Å². The number of nitrogens with zero attached hydrogens (tertiary/aromatic N) is 1. The summed E-state index contributed by atoms with van der Waals surface area (Å²) in [5.41, 5.74) is 3.96. The Morgan fingerprint density at radius 3 is 2.86 bits per heavy atom. The quantitative estimate of drug-likeness (QED) is 0.845. The van der Waals surface area contributed by atoms with Crippen LogP contribution in [0.15, 0.2) is 18.2 Å². The zero-order valence-corrected chi connectivity index (χ0v) is 13.2. The highest BCUT2D eigenvalue weighted by Crippen LogP contribution is 2.28. The molecule has 4 nitrogen and oxygen atoms in total. The summed E-state index contributed by atoms with van der Waals surface area (Å²) in [6.45, 7) is 7.88. The molecule has 0 aromatic heterocycles. The number of hydrogen-bond donors (Lipinski definition) is 2. The second-order valence-electron chi connectivity index (χ2n) is 6.22. The summed E-state index contributed by atoms with van der Waals surface area (Å²) in [5.74, 6) is -0.759. The van der Waals surface area contributed by atoms with Gasteiger partial charge in [-0.3, -0.25) is 4.79 Å². The van der Waals surface area contributed by atoms with E-state index in [-0.39, 0.29) is 6.04 Å². The molecule has 1 atom stereocenters. The monoisotopic (exact) mass is 290 g/mol. The molecular weight excluding hydrogens is 264 g/mol. The zero-order chi connectivity index (χ0) is 15.4. The van der Waals surface area contributed by atoms with Crippen LogP contribution < -0.4 is 10.2 Å². The van der Waals surface area contributed by atoms with Crippen molar-refractivity contribution in [3.63, 3.8) is 0 Å². The van der Waals surface area contributed by atoms with Crippen LogP contribution in [0.25, 0.3) is 0 Å². The number of carboxylic acid groups (broad SMARTS) is 1.